The molecule has 3 fully saturated rings. The van der Waals surface area contributed by atoms with Crippen LogP contribution in [-0.4, -0.2) is 47.5 Å². The summed E-state index contributed by atoms with van der Waals surface area (Å²) in [5.41, 5.74) is 7.12. The van der Waals surface area contributed by atoms with Crippen molar-refractivity contribution in [1.82, 2.24) is 34.8 Å². The van der Waals surface area contributed by atoms with Crippen LogP contribution in [-0.2, 0) is 31.4 Å². The number of carbonyl (C=O) groups excluding carboxylic acids is 1. The number of hydrogen-bond donors (Lipinski definition) is 1. The summed E-state index contributed by atoms with van der Waals surface area (Å²) in [6.45, 7) is 11.0. The minimum absolute atomic E-state index is 0.0394. The molecular weight excluding hydrogens is 476 g/mol. The van der Waals surface area contributed by atoms with Gasteiger partial charge >= 0.3 is 0 Å². The Hall–Kier alpha value is -2.97. The van der Waals surface area contributed by atoms with Crippen LogP contribution in [0.25, 0.3) is 11.0 Å². The van der Waals surface area contributed by atoms with Gasteiger partial charge in [-0.25, -0.2) is 9.97 Å². The van der Waals surface area contributed by atoms with Gasteiger partial charge in [-0.2, -0.15) is 10.2 Å². The number of nitrogens with one attached hydrogen (secondary N) is 1. The maximum Gasteiger partial charge on any atom is 0.220 e. The highest BCUT2D eigenvalue weighted by Gasteiger charge is 2.49. The summed E-state index contributed by atoms with van der Waals surface area (Å²) in [5.74, 6) is 2.01. The molecule has 4 heterocycles. The summed E-state index contributed by atoms with van der Waals surface area (Å²) in [6, 6.07) is 0. The number of unbranched alkanes of at least 4 members (excludes halogenated alkanes) is 1. The first kappa shape index (κ1) is 25.3. The fourth-order valence-electron chi connectivity index (χ4n) is 7.32. The van der Waals surface area contributed by atoms with Crippen molar-refractivity contribution in [2.75, 3.05) is 11.4 Å². The second-order valence-corrected chi connectivity index (χ2v) is 12.3. The van der Waals surface area contributed by atoms with E-state index in [0.717, 1.165) is 92.2 Å². The van der Waals surface area contributed by atoms with Gasteiger partial charge < -0.3 is 10.2 Å². The number of carbonyl (C=O) groups is 1. The van der Waals surface area contributed by atoms with Gasteiger partial charge in [0.2, 0.25) is 5.91 Å². The molecule has 0 atom stereocenters. The molecule has 0 spiro atoms. The maximum absolute atomic E-state index is 12.5. The molecule has 9 nitrogen and oxygen atoms in total. The van der Waals surface area contributed by atoms with Crippen LogP contribution in [0.4, 0.5) is 5.82 Å². The summed E-state index contributed by atoms with van der Waals surface area (Å²) in [6.07, 6.45) is 10.5. The first-order chi connectivity index (χ1) is 18.2. The molecule has 3 aromatic rings. The molecule has 1 N–H and O–H groups in total. The molecule has 38 heavy (non-hydrogen) atoms. The standard InChI is InChI=1S/C29H42N8O/c1-6-7-8-24(38)32-29-13-10-28(11-14-29,12-15-29)18-37-23-9-16-36(17-22(23)19(2)34-37)27-26-25(30-21(4)31-27)20(3)33-35(26)5/h6-18H2,1-5H3,(H,32,38). The van der Waals surface area contributed by atoms with E-state index in [1.54, 1.807) is 0 Å². The zero-order valence-electron chi connectivity index (χ0n) is 23.7. The number of amides is 1. The van der Waals surface area contributed by atoms with Crippen molar-refractivity contribution in [1.29, 1.82) is 0 Å². The first-order valence-electron chi connectivity index (χ1n) is 14.5. The highest BCUT2D eigenvalue weighted by molar-refractivity contribution is 5.88. The van der Waals surface area contributed by atoms with Gasteiger partial charge in [0.15, 0.2) is 5.82 Å². The van der Waals surface area contributed by atoms with Gasteiger partial charge in [0.1, 0.15) is 16.9 Å². The van der Waals surface area contributed by atoms with E-state index in [1.807, 2.05) is 25.6 Å². The molecule has 9 heteroatoms. The van der Waals surface area contributed by atoms with Crippen LogP contribution in [0.2, 0.25) is 0 Å². The normalized spacial score (nSPS) is 24.7. The molecular formula is C29H42N8O. The molecule has 0 radical (unpaired) electrons. The van der Waals surface area contributed by atoms with Crippen LogP contribution >= 0.6 is 0 Å². The lowest BCUT2D eigenvalue weighted by atomic mass is 9.57. The summed E-state index contributed by atoms with van der Waals surface area (Å²) < 4.78 is 4.26. The average molecular weight is 519 g/mol. The molecule has 0 saturated heterocycles. The van der Waals surface area contributed by atoms with Gasteiger partial charge in [0.25, 0.3) is 0 Å². The third kappa shape index (κ3) is 4.28. The number of hydrogen-bond acceptors (Lipinski definition) is 6. The predicted octanol–water partition coefficient (Wildman–Crippen LogP) is 4.45. The third-order valence-corrected chi connectivity index (χ3v) is 9.63. The van der Waals surface area contributed by atoms with E-state index in [1.165, 1.54) is 30.5 Å². The van der Waals surface area contributed by atoms with Gasteiger partial charge in [-0.05, 0) is 71.1 Å². The zero-order chi connectivity index (χ0) is 26.7. The Morgan fingerprint density at radius 3 is 2.45 bits per heavy atom. The largest absolute Gasteiger partial charge is 0.351 e. The third-order valence-electron chi connectivity index (χ3n) is 9.63. The minimum atomic E-state index is 0.0394. The molecule has 1 amide bonds. The number of aryl methyl sites for hydroxylation is 4. The van der Waals surface area contributed by atoms with Crippen LogP contribution in [0.3, 0.4) is 0 Å². The molecule has 3 aromatic heterocycles. The molecule has 3 saturated carbocycles. The van der Waals surface area contributed by atoms with Gasteiger partial charge in [-0.1, -0.05) is 13.3 Å². The van der Waals surface area contributed by atoms with Crippen LogP contribution in [0.1, 0.15) is 93.2 Å². The number of aromatic nitrogens is 6. The van der Waals surface area contributed by atoms with Crippen LogP contribution < -0.4 is 10.2 Å². The van der Waals surface area contributed by atoms with Crippen LogP contribution in [0.15, 0.2) is 0 Å². The number of nitrogens with zero attached hydrogens (tertiary/aromatic N) is 7. The van der Waals surface area contributed by atoms with Gasteiger partial charge in [0, 0.05) is 56.3 Å². The first-order valence-corrected chi connectivity index (χ1v) is 14.5. The highest BCUT2D eigenvalue weighted by Crippen LogP contribution is 2.53. The number of rotatable bonds is 7. The molecule has 7 rings (SSSR count). The molecule has 0 aromatic carbocycles. The Morgan fingerprint density at radius 2 is 1.74 bits per heavy atom. The van der Waals surface area contributed by atoms with E-state index < -0.39 is 0 Å². The van der Waals surface area contributed by atoms with E-state index in [0.29, 0.717) is 11.8 Å². The van der Waals surface area contributed by atoms with Gasteiger partial charge in [-0.3, -0.25) is 14.2 Å². The van der Waals surface area contributed by atoms with E-state index in [9.17, 15) is 4.79 Å². The fourth-order valence-corrected chi connectivity index (χ4v) is 7.32. The SMILES string of the molecule is CCCCC(=O)NC12CCC(Cn3nc(C)c4c3CCN(c3nc(C)nc5c(C)nn(C)c35)C4)(CC1)CC2. The quantitative estimate of drug-likeness (QED) is 0.497. The average Bonchev–Trinajstić information content (AvgIpc) is 3.37. The van der Waals surface area contributed by atoms with Gasteiger partial charge in [-0.15, -0.1) is 0 Å². The summed E-state index contributed by atoms with van der Waals surface area (Å²) in [5, 5.41) is 13.2. The zero-order valence-corrected chi connectivity index (χ0v) is 23.7. The number of anilines is 1. The smallest absolute Gasteiger partial charge is 0.220 e. The van der Waals surface area contributed by atoms with Crippen molar-refractivity contribution in [3.63, 3.8) is 0 Å². The molecule has 2 bridgehead atoms. The van der Waals surface area contributed by atoms with Crippen LogP contribution in [0.5, 0.6) is 0 Å². The Labute approximate surface area is 225 Å². The van der Waals surface area contributed by atoms with E-state index in [2.05, 4.69) is 38.8 Å². The Balaban J connectivity index is 1.19. The minimum Gasteiger partial charge on any atom is -0.351 e. The second-order valence-electron chi connectivity index (χ2n) is 12.3. The second kappa shape index (κ2) is 9.35. The highest BCUT2D eigenvalue weighted by atomic mass is 16.1. The maximum atomic E-state index is 12.5. The van der Waals surface area contributed by atoms with Crippen molar-refractivity contribution >= 4 is 22.8 Å². The fraction of sp³-hybridized carbons (Fsp3) is 0.690. The Bertz CT molecular complexity index is 1360. The molecule has 204 valence electrons. The van der Waals surface area contributed by atoms with Crippen molar-refractivity contribution < 1.29 is 4.79 Å². The van der Waals surface area contributed by atoms with E-state index in [-0.39, 0.29) is 11.4 Å². The van der Waals surface area contributed by atoms with Crippen LogP contribution in [0, 0.1) is 26.2 Å². The Kier molecular flexibility index (Phi) is 6.23. The van der Waals surface area contributed by atoms with Gasteiger partial charge in [0.05, 0.1) is 11.4 Å². The monoisotopic (exact) mass is 518 g/mol. The summed E-state index contributed by atoms with van der Waals surface area (Å²) in [7, 11) is 1.98. The Morgan fingerprint density at radius 1 is 1.00 bits per heavy atom. The van der Waals surface area contributed by atoms with E-state index >= 15 is 0 Å². The van der Waals surface area contributed by atoms with Crippen molar-refractivity contribution in [2.45, 2.75) is 111 Å². The topological polar surface area (TPSA) is 93.8 Å². The molecule has 4 aliphatic rings. The lowest BCUT2D eigenvalue weighted by Gasteiger charge is -2.53. The molecule has 1 aliphatic heterocycles. The molecule has 3 aliphatic carbocycles. The number of fused-ring (bicyclic) bond motifs is 5. The summed E-state index contributed by atoms with van der Waals surface area (Å²) in [4.78, 5) is 24.4. The van der Waals surface area contributed by atoms with Crippen molar-refractivity contribution in [3.8, 4) is 0 Å². The molecule has 0 unspecified atom stereocenters. The van der Waals surface area contributed by atoms with Crippen molar-refractivity contribution in [3.05, 3.63) is 28.5 Å². The lowest BCUT2D eigenvalue weighted by molar-refractivity contribution is -0.125. The summed E-state index contributed by atoms with van der Waals surface area (Å²) >= 11 is 0. The van der Waals surface area contributed by atoms with E-state index in [4.69, 9.17) is 10.1 Å². The lowest BCUT2D eigenvalue weighted by Crippen LogP contribution is -2.57. The van der Waals surface area contributed by atoms with Crippen molar-refractivity contribution in [2.24, 2.45) is 12.5 Å². The predicted molar refractivity (Wildman–Crippen MR) is 148 cm³/mol.